The van der Waals surface area contributed by atoms with Crippen molar-refractivity contribution >= 4 is 17.5 Å². The molecule has 104 valence electrons. The number of halogens is 2. The van der Waals surface area contributed by atoms with Gasteiger partial charge in [0.15, 0.2) is 0 Å². The first-order valence-corrected chi connectivity index (χ1v) is 6.88. The highest BCUT2D eigenvalue weighted by atomic mass is 35.5. The van der Waals surface area contributed by atoms with Gasteiger partial charge < -0.3 is 10.0 Å². The summed E-state index contributed by atoms with van der Waals surface area (Å²) in [4.78, 5) is 14.1. The Morgan fingerprint density at radius 3 is 3.00 bits per heavy atom. The average Bonchev–Trinajstić information content (AvgIpc) is 2.84. The quantitative estimate of drug-likeness (QED) is 0.924. The molecule has 1 aromatic carbocycles. The van der Waals surface area contributed by atoms with Crippen LogP contribution in [0.2, 0.25) is 5.02 Å². The Morgan fingerprint density at radius 2 is 2.32 bits per heavy atom. The molecule has 0 radical (unpaired) electrons. The molecule has 0 aliphatic carbocycles. The number of hydrogen-bond donors (Lipinski definition) is 1. The number of aliphatic hydroxyl groups excluding tert-OH is 1. The third kappa shape index (κ3) is 3.07. The van der Waals surface area contributed by atoms with Crippen LogP contribution in [-0.2, 0) is 0 Å². The maximum atomic E-state index is 13.8. The molecule has 1 aliphatic heterocycles. The molecule has 1 saturated heterocycles. The first-order valence-electron chi connectivity index (χ1n) is 6.51. The molecule has 1 unspecified atom stereocenters. The van der Waals surface area contributed by atoms with Gasteiger partial charge in [-0.25, -0.2) is 4.39 Å². The first kappa shape index (κ1) is 14.3. The van der Waals surface area contributed by atoms with E-state index in [9.17, 15) is 9.18 Å². The molecular formula is C14H17ClFNO2. The third-order valence-electron chi connectivity index (χ3n) is 3.51. The highest BCUT2D eigenvalue weighted by Crippen LogP contribution is 2.27. The second-order valence-corrected chi connectivity index (χ2v) is 5.16. The second kappa shape index (κ2) is 6.35. The Balaban J connectivity index is 2.18. The summed E-state index contributed by atoms with van der Waals surface area (Å²) >= 11 is 5.93. The SMILES string of the molecule is O=C(c1c(F)cccc1Cl)N1CCCC1CCCO. The number of carbonyl (C=O) groups excluding carboxylic acids is 1. The highest BCUT2D eigenvalue weighted by Gasteiger charge is 2.31. The van der Waals surface area contributed by atoms with E-state index in [1.54, 1.807) is 4.90 Å². The van der Waals surface area contributed by atoms with Crippen molar-refractivity contribution in [3.05, 3.63) is 34.6 Å². The van der Waals surface area contributed by atoms with Gasteiger partial charge in [-0.3, -0.25) is 4.79 Å². The molecule has 0 saturated carbocycles. The summed E-state index contributed by atoms with van der Waals surface area (Å²) in [6.45, 7) is 0.735. The summed E-state index contributed by atoms with van der Waals surface area (Å²) in [5.41, 5.74) is -0.0416. The minimum atomic E-state index is -0.578. The van der Waals surface area contributed by atoms with Crippen molar-refractivity contribution < 1.29 is 14.3 Å². The van der Waals surface area contributed by atoms with E-state index in [0.29, 0.717) is 13.0 Å². The number of carbonyl (C=O) groups is 1. The van der Waals surface area contributed by atoms with Gasteiger partial charge in [0.1, 0.15) is 5.82 Å². The van der Waals surface area contributed by atoms with Gasteiger partial charge in [-0.1, -0.05) is 17.7 Å². The number of nitrogens with zero attached hydrogens (tertiary/aromatic N) is 1. The third-order valence-corrected chi connectivity index (χ3v) is 3.83. The van der Waals surface area contributed by atoms with Crippen LogP contribution in [0.15, 0.2) is 18.2 Å². The molecule has 2 rings (SSSR count). The van der Waals surface area contributed by atoms with Gasteiger partial charge in [-0.05, 0) is 37.8 Å². The molecular weight excluding hydrogens is 269 g/mol. The summed E-state index contributed by atoms with van der Waals surface area (Å²) in [5.74, 6) is -0.922. The van der Waals surface area contributed by atoms with Crippen molar-refractivity contribution in [2.75, 3.05) is 13.2 Å². The fourth-order valence-electron chi connectivity index (χ4n) is 2.58. The second-order valence-electron chi connectivity index (χ2n) is 4.76. The molecule has 3 nitrogen and oxygen atoms in total. The highest BCUT2D eigenvalue weighted by molar-refractivity contribution is 6.33. The van der Waals surface area contributed by atoms with Crippen LogP contribution >= 0.6 is 11.6 Å². The van der Waals surface area contributed by atoms with Gasteiger partial charge in [0.2, 0.25) is 0 Å². The number of likely N-dealkylation sites (tertiary alicyclic amines) is 1. The standard InChI is InChI=1S/C14H17ClFNO2/c15-11-6-1-7-12(16)13(11)14(19)17-8-2-4-10(17)5-3-9-18/h1,6-7,10,18H,2-5,8-9H2. The van der Waals surface area contributed by atoms with Gasteiger partial charge >= 0.3 is 0 Å². The number of hydrogen-bond acceptors (Lipinski definition) is 2. The lowest BCUT2D eigenvalue weighted by atomic mass is 10.1. The number of rotatable bonds is 4. The summed E-state index contributed by atoms with van der Waals surface area (Å²) in [6, 6.07) is 4.34. The molecule has 0 bridgehead atoms. The van der Waals surface area contributed by atoms with Crippen molar-refractivity contribution in [2.24, 2.45) is 0 Å². The van der Waals surface area contributed by atoms with Gasteiger partial charge in [0.05, 0.1) is 10.6 Å². The largest absolute Gasteiger partial charge is 0.396 e. The smallest absolute Gasteiger partial charge is 0.258 e. The minimum absolute atomic E-state index is 0.0416. The van der Waals surface area contributed by atoms with E-state index in [2.05, 4.69) is 0 Å². The Morgan fingerprint density at radius 1 is 1.53 bits per heavy atom. The van der Waals surface area contributed by atoms with Crippen LogP contribution in [0.3, 0.4) is 0 Å². The van der Waals surface area contributed by atoms with Crippen molar-refractivity contribution in [1.29, 1.82) is 0 Å². The molecule has 0 spiro atoms. The number of amides is 1. The molecule has 0 aromatic heterocycles. The lowest BCUT2D eigenvalue weighted by Crippen LogP contribution is -2.36. The van der Waals surface area contributed by atoms with Crippen LogP contribution in [0.5, 0.6) is 0 Å². The maximum absolute atomic E-state index is 13.8. The Kier molecular flexibility index (Phi) is 4.77. The van der Waals surface area contributed by atoms with Gasteiger partial charge in [-0.15, -0.1) is 0 Å². The fourth-order valence-corrected chi connectivity index (χ4v) is 2.82. The van der Waals surface area contributed by atoms with Crippen LogP contribution in [0.4, 0.5) is 4.39 Å². The van der Waals surface area contributed by atoms with E-state index in [0.717, 1.165) is 19.3 Å². The van der Waals surface area contributed by atoms with E-state index in [4.69, 9.17) is 16.7 Å². The summed E-state index contributed by atoms with van der Waals surface area (Å²) < 4.78 is 13.8. The van der Waals surface area contributed by atoms with E-state index in [1.165, 1.54) is 18.2 Å². The van der Waals surface area contributed by atoms with E-state index >= 15 is 0 Å². The van der Waals surface area contributed by atoms with Crippen LogP contribution in [0, 0.1) is 5.82 Å². The lowest BCUT2D eigenvalue weighted by molar-refractivity contribution is 0.0720. The zero-order chi connectivity index (χ0) is 13.8. The molecule has 1 aromatic rings. The molecule has 1 amide bonds. The topological polar surface area (TPSA) is 40.5 Å². The molecule has 1 heterocycles. The summed E-state index contributed by atoms with van der Waals surface area (Å²) in [5, 5.41) is 9.02. The zero-order valence-corrected chi connectivity index (χ0v) is 11.4. The van der Waals surface area contributed by atoms with Crippen LogP contribution < -0.4 is 0 Å². The number of aliphatic hydroxyl groups is 1. The van der Waals surface area contributed by atoms with Crippen molar-refractivity contribution in [3.8, 4) is 0 Å². The Hall–Kier alpha value is -1.13. The minimum Gasteiger partial charge on any atom is -0.396 e. The Bertz CT molecular complexity index is 447. The molecule has 1 N–H and O–H groups in total. The predicted octanol–water partition coefficient (Wildman–Crippen LogP) is 2.86. The molecule has 19 heavy (non-hydrogen) atoms. The zero-order valence-electron chi connectivity index (χ0n) is 10.6. The van der Waals surface area contributed by atoms with Gasteiger partial charge in [0.25, 0.3) is 5.91 Å². The predicted molar refractivity (Wildman–Crippen MR) is 71.8 cm³/mol. The van der Waals surface area contributed by atoms with Crippen molar-refractivity contribution in [3.63, 3.8) is 0 Å². The molecule has 1 atom stereocenters. The summed E-state index contributed by atoms with van der Waals surface area (Å²) in [6.07, 6.45) is 3.21. The Labute approximate surface area is 117 Å². The summed E-state index contributed by atoms with van der Waals surface area (Å²) in [7, 11) is 0. The number of benzene rings is 1. The first-order chi connectivity index (χ1) is 9.15. The maximum Gasteiger partial charge on any atom is 0.258 e. The monoisotopic (exact) mass is 285 g/mol. The van der Waals surface area contributed by atoms with Crippen molar-refractivity contribution in [2.45, 2.75) is 31.7 Å². The van der Waals surface area contributed by atoms with Crippen molar-refractivity contribution in [1.82, 2.24) is 4.90 Å². The van der Waals surface area contributed by atoms with Crippen LogP contribution in [0.25, 0.3) is 0 Å². The normalized spacial score (nSPS) is 18.9. The van der Waals surface area contributed by atoms with Gasteiger partial charge in [-0.2, -0.15) is 0 Å². The average molecular weight is 286 g/mol. The lowest BCUT2D eigenvalue weighted by Gasteiger charge is -2.25. The van der Waals surface area contributed by atoms with E-state index in [1.807, 2.05) is 0 Å². The molecule has 5 heteroatoms. The van der Waals surface area contributed by atoms with Crippen LogP contribution in [0.1, 0.15) is 36.0 Å². The molecule has 1 fully saturated rings. The van der Waals surface area contributed by atoms with Crippen LogP contribution in [-0.4, -0.2) is 35.1 Å². The molecule has 1 aliphatic rings. The fraction of sp³-hybridized carbons (Fsp3) is 0.500. The van der Waals surface area contributed by atoms with E-state index in [-0.39, 0.29) is 29.1 Å². The van der Waals surface area contributed by atoms with E-state index < -0.39 is 5.82 Å². The van der Waals surface area contributed by atoms with Gasteiger partial charge in [0, 0.05) is 19.2 Å².